The van der Waals surface area contributed by atoms with E-state index in [0.29, 0.717) is 35.0 Å². The summed E-state index contributed by atoms with van der Waals surface area (Å²) in [6.07, 6.45) is 1.38. The molecule has 2 amide bonds. The smallest absolute Gasteiger partial charge is 0.244 e. The van der Waals surface area contributed by atoms with E-state index in [4.69, 9.17) is 16.3 Å². The quantitative estimate of drug-likeness (QED) is 0.517. The maximum atomic E-state index is 13.5. The van der Waals surface area contributed by atoms with E-state index >= 15 is 0 Å². The van der Waals surface area contributed by atoms with Crippen LogP contribution in [0.2, 0.25) is 5.02 Å². The molecule has 0 heterocycles. The molecule has 0 spiro atoms. The molecule has 0 radical (unpaired) electrons. The van der Waals surface area contributed by atoms with Crippen LogP contribution in [-0.4, -0.2) is 57.6 Å². The predicted octanol–water partition coefficient (Wildman–Crippen LogP) is 3.06. The van der Waals surface area contributed by atoms with Gasteiger partial charge in [0.25, 0.3) is 0 Å². The van der Waals surface area contributed by atoms with Gasteiger partial charge in [0.05, 0.1) is 19.1 Å². The van der Waals surface area contributed by atoms with Crippen molar-refractivity contribution in [1.82, 2.24) is 10.2 Å². The van der Waals surface area contributed by atoms with Crippen LogP contribution in [0.5, 0.6) is 5.75 Å². The molecule has 2 aromatic carbocycles. The summed E-state index contributed by atoms with van der Waals surface area (Å²) < 4.78 is 31.3. The third-order valence-corrected chi connectivity index (χ3v) is 6.58. The molecule has 10 heteroatoms. The number of sulfonamides is 1. The lowest BCUT2D eigenvalue weighted by Crippen LogP contribution is -2.52. The minimum atomic E-state index is -3.79. The van der Waals surface area contributed by atoms with Gasteiger partial charge in [0.15, 0.2) is 0 Å². The van der Waals surface area contributed by atoms with Crippen molar-refractivity contribution in [3.05, 3.63) is 59.1 Å². The van der Waals surface area contributed by atoms with Crippen LogP contribution in [0, 0.1) is 0 Å². The highest BCUT2D eigenvalue weighted by Gasteiger charge is 2.31. The number of amides is 2. The van der Waals surface area contributed by atoms with Gasteiger partial charge >= 0.3 is 0 Å². The molecule has 2 aromatic rings. The number of carbonyl (C=O) groups excluding carboxylic acids is 2. The standard InChI is InChI=1S/C23H30ClN3O5S/c1-5-21(23(29)25-6-2)26(15-17-9-7-8-10-20(17)24)22(28)16-27(33(4,30)31)18-11-13-19(32-3)14-12-18/h7-14,21H,5-6,15-16H2,1-4H3,(H,25,29)/t21-/m0/s1. The van der Waals surface area contributed by atoms with Crippen molar-refractivity contribution in [1.29, 1.82) is 0 Å². The van der Waals surface area contributed by atoms with Crippen molar-refractivity contribution in [2.75, 3.05) is 30.8 Å². The van der Waals surface area contributed by atoms with Crippen molar-refractivity contribution in [3.63, 3.8) is 0 Å². The molecule has 0 aliphatic rings. The van der Waals surface area contributed by atoms with Crippen LogP contribution < -0.4 is 14.4 Å². The second-order valence-corrected chi connectivity index (χ2v) is 9.71. The number of halogens is 1. The second kappa shape index (κ2) is 11.9. The first kappa shape index (κ1) is 26.5. The third-order valence-electron chi connectivity index (χ3n) is 5.08. The number of rotatable bonds is 11. The fraction of sp³-hybridized carbons (Fsp3) is 0.391. The molecule has 0 aromatic heterocycles. The fourth-order valence-corrected chi connectivity index (χ4v) is 4.43. The Balaban J connectivity index is 2.43. The molecule has 1 N–H and O–H groups in total. The lowest BCUT2D eigenvalue weighted by Gasteiger charge is -2.33. The SMILES string of the molecule is CCNC(=O)[C@H](CC)N(Cc1ccccc1Cl)C(=O)CN(c1ccc(OC)cc1)S(C)(=O)=O. The minimum Gasteiger partial charge on any atom is -0.497 e. The summed E-state index contributed by atoms with van der Waals surface area (Å²) in [5, 5.41) is 3.20. The van der Waals surface area contributed by atoms with Gasteiger partial charge in [-0.05, 0) is 49.2 Å². The first-order valence-corrected chi connectivity index (χ1v) is 12.8. The topological polar surface area (TPSA) is 96.0 Å². The van der Waals surface area contributed by atoms with E-state index in [-0.39, 0.29) is 12.5 Å². The molecule has 0 unspecified atom stereocenters. The van der Waals surface area contributed by atoms with E-state index in [9.17, 15) is 18.0 Å². The van der Waals surface area contributed by atoms with Gasteiger partial charge < -0.3 is 15.0 Å². The van der Waals surface area contributed by atoms with Gasteiger partial charge in [-0.15, -0.1) is 0 Å². The average Bonchev–Trinajstić information content (AvgIpc) is 2.78. The monoisotopic (exact) mass is 495 g/mol. The van der Waals surface area contributed by atoms with Crippen LogP contribution in [-0.2, 0) is 26.2 Å². The summed E-state index contributed by atoms with van der Waals surface area (Å²) in [6, 6.07) is 12.6. The molecule has 0 saturated carbocycles. The number of hydrogen-bond donors (Lipinski definition) is 1. The Labute approximate surface area is 200 Å². The molecule has 0 fully saturated rings. The zero-order valence-electron chi connectivity index (χ0n) is 19.2. The number of nitrogens with zero attached hydrogens (tertiary/aromatic N) is 2. The summed E-state index contributed by atoms with van der Waals surface area (Å²) >= 11 is 6.31. The molecule has 0 aliphatic heterocycles. The van der Waals surface area contributed by atoms with Crippen molar-refractivity contribution in [2.24, 2.45) is 0 Å². The highest BCUT2D eigenvalue weighted by atomic mass is 35.5. The van der Waals surface area contributed by atoms with Crippen molar-refractivity contribution < 1.29 is 22.7 Å². The van der Waals surface area contributed by atoms with Gasteiger partial charge in [0.2, 0.25) is 21.8 Å². The Morgan fingerprint density at radius 1 is 1.09 bits per heavy atom. The maximum absolute atomic E-state index is 13.5. The summed E-state index contributed by atoms with van der Waals surface area (Å²) in [4.78, 5) is 27.6. The Kier molecular flexibility index (Phi) is 9.55. The Hall–Kier alpha value is -2.78. The Morgan fingerprint density at radius 2 is 1.73 bits per heavy atom. The highest BCUT2D eigenvalue weighted by Crippen LogP contribution is 2.24. The van der Waals surface area contributed by atoms with Gasteiger partial charge in [-0.1, -0.05) is 36.7 Å². The number of nitrogens with one attached hydrogen (secondary N) is 1. The van der Waals surface area contributed by atoms with Gasteiger partial charge in [0, 0.05) is 18.1 Å². The van der Waals surface area contributed by atoms with Gasteiger partial charge in [-0.2, -0.15) is 0 Å². The van der Waals surface area contributed by atoms with Crippen LogP contribution in [0.3, 0.4) is 0 Å². The molecular weight excluding hydrogens is 466 g/mol. The normalized spacial score (nSPS) is 12.0. The van der Waals surface area contributed by atoms with E-state index in [1.165, 1.54) is 12.0 Å². The lowest BCUT2D eigenvalue weighted by molar-refractivity contribution is -0.140. The zero-order chi connectivity index (χ0) is 24.6. The van der Waals surface area contributed by atoms with Crippen molar-refractivity contribution in [3.8, 4) is 5.75 Å². The summed E-state index contributed by atoms with van der Waals surface area (Å²) in [5.74, 6) is -0.272. The second-order valence-electron chi connectivity index (χ2n) is 7.40. The number of carbonyl (C=O) groups is 2. The van der Waals surface area contributed by atoms with Gasteiger partial charge in [0.1, 0.15) is 18.3 Å². The lowest BCUT2D eigenvalue weighted by atomic mass is 10.1. The first-order valence-electron chi connectivity index (χ1n) is 10.5. The van der Waals surface area contributed by atoms with Gasteiger partial charge in [-0.25, -0.2) is 8.42 Å². The average molecular weight is 496 g/mol. The van der Waals surface area contributed by atoms with E-state index in [1.807, 2.05) is 0 Å². The summed E-state index contributed by atoms with van der Waals surface area (Å²) in [7, 11) is -2.29. The van der Waals surface area contributed by atoms with E-state index in [1.54, 1.807) is 62.4 Å². The Bertz CT molecular complexity index is 1060. The minimum absolute atomic E-state index is 0.0639. The molecule has 180 valence electrons. The van der Waals surface area contributed by atoms with E-state index in [0.717, 1.165) is 10.6 Å². The van der Waals surface area contributed by atoms with Crippen molar-refractivity contribution >= 4 is 39.1 Å². The maximum Gasteiger partial charge on any atom is 0.244 e. The summed E-state index contributed by atoms with van der Waals surface area (Å²) in [5.41, 5.74) is 0.973. The molecule has 33 heavy (non-hydrogen) atoms. The van der Waals surface area contributed by atoms with Crippen LogP contribution in [0.15, 0.2) is 48.5 Å². The zero-order valence-corrected chi connectivity index (χ0v) is 20.8. The predicted molar refractivity (Wildman–Crippen MR) is 130 cm³/mol. The molecule has 8 nitrogen and oxygen atoms in total. The molecule has 0 aliphatic carbocycles. The number of benzene rings is 2. The molecule has 1 atom stereocenters. The van der Waals surface area contributed by atoms with Crippen LogP contribution >= 0.6 is 11.6 Å². The third kappa shape index (κ3) is 7.10. The van der Waals surface area contributed by atoms with Crippen molar-refractivity contribution in [2.45, 2.75) is 32.9 Å². The number of anilines is 1. The van der Waals surface area contributed by atoms with E-state index in [2.05, 4.69) is 5.32 Å². The number of hydrogen-bond acceptors (Lipinski definition) is 5. The Morgan fingerprint density at radius 3 is 2.24 bits per heavy atom. The van der Waals surface area contributed by atoms with E-state index < -0.39 is 28.5 Å². The highest BCUT2D eigenvalue weighted by molar-refractivity contribution is 7.92. The number of ether oxygens (including phenoxy) is 1. The van der Waals surface area contributed by atoms with Gasteiger partial charge in [-0.3, -0.25) is 13.9 Å². The van der Waals surface area contributed by atoms with Crippen LogP contribution in [0.25, 0.3) is 0 Å². The molecule has 0 bridgehead atoms. The molecule has 0 saturated heterocycles. The number of methoxy groups -OCH3 is 1. The first-order chi connectivity index (χ1) is 15.6. The fourth-order valence-electron chi connectivity index (χ4n) is 3.38. The van der Waals surface area contributed by atoms with Crippen LogP contribution in [0.1, 0.15) is 25.8 Å². The molecule has 2 rings (SSSR count). The largest absolute Gasteiger partial charge is 0.497 e. The summed E-state index contributed by atoms with van der Waals surface area (Å²) in [6.45, 7) is 3.59. The molecular formula is C23H30ClN3O5S. The van der Waals surface area contributed by atoms with Crippen LogP contribution in [0.4, 0.5) is 5.69 Å². The number of likely N-dealkylation sites (N-methyl/N-ethyl adjacent to an activating group) is 1.